The first-order valence-electron chi connectivity index (χ1n) is 43.7. The van der Waals surface area contributed by atoms with Crippen molar-refractivity contribution in [2.24, 2.45) is 26.8 Å². The molecule has 5 fully saturated rings. The first kappa shape index (κ1) is 101. The zero-order valence-corrected chi connectivity index (χ0v) is 78.9. The van der Waals surface area contributed by atoms with E-state index in [4.69, 9.17) is 5.14 Å². The van der Waals surface area contributed by atoms with Gasteiger partial charge in [0.25, 0.3) is 0 Å². The number of nitrogens with two attached hydrogens (primary N) is 1. The summed E-state index contributed by atoms with van der Waals surface area (Å²) in [7, 11) is -10.8. The molecule has 1 saturated heterocycles. The summed E-state index contributed by atoms with van der Waals surface area (Å²) in [6.45, 7) is 19.7. The van der Waals surface area contributed by atoms with Gasteiger partial charge in [-0.3, -0.25) is 0 Å². The summed E-state index contributed by atoms with van der Waals surface area (Å²) in [6, 6.07) is 36.1. The quantitative estimate of drug-likeness (QED) is 0.0199. The smallest absolute Gasteiger partial charge is 0.243 e. The number of aliphatic hydroxyl groups is 4. The molecule has 698 valence electrons. The van der Waals surface area contributed by atoms with Gasteiger partial charge < -0.3 is 63.0 Å². The van der Waals surface area contributed by atoms with E-state index < -0.39 is 39.9 Å². The average molecular weight is 1860 g/mol. The molecule has 0 amide bonds. The largest absolute Gasteiger partial charge is 0.393 e. The number of hydrogen-bond donors (Lipinski definition) is 13. The van der Waals surface area contributed by atoms with Crippen LogP contribution in [0.15, 0.2) is 141 Å². The molecule has 0 radical (unpaired) electrons. The maximum Gasteiger partial charge on any atom is 0.243 e. The Morgan fingerprint density at radius 2 is 0.692 bits per heavy atom. The fraction of sp³-hybridized carbons (Fsp3) is 0.516. The summed E-state index contributed by atoms with van der Waals surface area (Å²) < 4.78 is 98.9. The summed E-state index contributed by atoms with van der Waals surface area (Å²) in [6.07, 6.45) is 19.3. The van der Waals surface area contributed by atoms with Crippen LogP contribution in [-0.4, -0.2) is 211 Å². The first-order chi connectivity index (χ1) is 61.4. The highest BCUT2D eigenvalue weighted by atomic mass is 32.2. The van der Waals surface area contributed by atoms with E-state index in [1.165, 1.54) is 55.5 Å². The van der Waals surface area contributed by atoms with Gasteiger partial charge in [-0.1, -0.05) is 104 Å². The molecule has 8 aromatic rings. The Hall–Kier alpha value is -10.9. The molecule has 130 heavy (non-hydrogen) atoms. The number of hydrogen-bond acceptors (Lipinski definition) is 32. The summed E-state index contributed by atoms with van der Waals surface area (Å²) in [4.78, 5) is 35.8. The number of nitrogens with zero attached hydrogens (tertiary/aromatic N) is 14. The van der Waals surface area contributed by atoms with Crippen LogP contribution >= 0.6 is 0 Å². The van der Waals surface area contributed by atoms with Crippen molar-refractivity contribution in [1.29, 1.82) is 21.0 Å². The van der Waals surface area contributed by atoms with E-state index in [9.17, 15) is 75.1 Å². The van der Waals surface area contributed by atoms with Crippen molar-refractivity contribution >= 4 is 87.0 Å². The van der Waals surface area contributed by atoms with Crippen LogP contribution in [0.5, 0.6) is 0 Å². The number of aliphatic hydroxyl groups excluding tert-OH is 4. The normalized spacial score (nSPS) is 21.0. The van der Waals surface area contributed by atoms with E-state index >= 15 is 0 Å². The van der Waals surface area contributed by atoms with Crippen LogP contribution in [0, 0.1) is 67.0 Å². The molecule has 0 unspecified atom stereocenters. The number of rotatable bonds is 30. The molecule has 5 aliphatic rings. The highest BCUT2D eigenvalue weighted by Crippen LogP contribution is 2.41. The van der Waals surface area contributed by atoms with Gasteiger partial charge in [0.15, 0.2) is 9.84 Å². The third-order valence-corrected chi connectivity index (χ3v) is 30.3. The van der Waals surface area contributed by atoms with Crippen LogP contribution < -0.4 is 47.7 Å². The van der Waals surface area contributed by atoms with Crippen molar-refractivity contribution in [3.8, 4) is 24.3 Å². The second kappa shape index (κ2) is 44.3. The van der Waals surface area contributed by atoms with Gasteiger partial charge in [-0.25, -0.2) is 63.1 Å². The summed E-state index contributed by atoms with van der Waals surface area (Å²) in [5.41, 5.74) is 4.39. The molecule has 39 heteroatoms. The van der Waals surface area contributed by atoms with Crippen molar-refractivity contribution in [2.75, 3.05) is 102 Å². The summed E-state index contributed by atoms with van der Waals surface area (Å²) >= 11 is 0. The molecule has 4 aliphatic carbocycles. The second-order valence-electron chi connectivity index (χ2n) is 36.8. The zero-order valence-electron chi connectivity index (χ0n) is 75.7. The maximum atomic E-state index is 12.7. The number of nitrogens with one attached hydrogen (secondary N) is 8. The summed E-state index contributed by atoms with van der Waals surface area (Å²) in [5, 5.41) is 110. The predicted molar refractivity (Wildman–Crippen MR) is 499 cm³/mol. The van der Waals surface area contributed by atoms with Crippen molar-refractivity contribution in [3.63, 3.8) is 0 Å². The Labute approximate surface area is 764 Å². The number of primary sulfonamides is 1. The van der Waals surface area contributed by atoms with Gasteiger partial charge in [-0.2, -0.15) is 45.3 Å². The molecular weight excluding hydrogens is 1740 g/mol. The Balaban J connectivity index is 0.000000180. The molecule has 5 heterocycles. The summed E-state index contributed by atoms with van der Waals surface area (Å²) in [5.74, 6) is 3.55. The van der Waals surface area contributed by atoms with Crippen LogP contribution in [0.25, 0.3) is 0 Å². The Morgan fingerprint density at radius 1 is 0.408 bits per heavy atom. The average Bonchev–Trinajstić information content (AvgIpc) is 1.27. The molecule has 8 atom stereocenters. The fourth-order valence-corrected chi connectivity index (χ4v) is 20.1. The number of sulfonamides is 3. The predicted octanol–water partition coefficient (Wildman–Crippen LogP) is 10.5. The SMILES string of the molecule is CC1(C)C[C@H](Nc2nc(NCCc3ccc(S(=O)(=O)N4CCCC4)cc3)ncc2C#N)CC[C@@H]1O.CC1(C)C[C@H](Nc2nc(NCCc3cccc(S(C)(=O)=O)c3)ncc2C#N)CC[C@@H]1O.CC1(C)C[C@H](Nc2nc(NCCc3cccc(S(N)(=O)=O)c3)ncc2C#N)CC[C@@H]1O.CN(C)S(=O)(=O)c1ccc(CCNc2ncc(C#N)c(N[C@@H]3CC[C@H](O)C(C)(C)C3)n2)cc1. The molecule has 35 nitrogen and oxygen atoms in total. The van der Waals surface area contributed by atoms with E-state index in [0.717, 1.165) is 86.5 Å². The van der Waals surface area contributed by atoms with Crippen LogP contribution in [0.1, 0.15) is 190 Å². The molecule has 4 saturated carbocycles. The van der Waals surface area contributed by atoms with Gasteiger partial charge in [0.2, 0.25) is 53.9 Å². The minimum absolute atomic E-state index is 0.0756. The number of anilines is 8. The van der Waals surface area contributed by atoms with Gasteiger partial charge in [0.1, 0.15) is 69.8 Å². The molecule has 4 aromatic heterocycles. The van der Waals surface area contributed by atoms with E-state index in [1.54, 1.807) is 71.0 Å². The molecule has 13 rings (SSSR count). The van der Waals surface area contributed by atoms with Gasteiger partial charge in [0, 0.05) is 83.8 Å². The molecule has 4 aromatic carbocycles. The molecule has 0 bridgehead atoms. The molecule has 1 aliphatic heterocycles. The third kappa shape index (κ3) is 28.3. The number of nitriles is 4. The van der Waals surface area contributed by atoms with E-state index in [2.05, 4.69) is 121 Å². The zero-order chi connectivity index (χ0) is 94.6. The minimum atomic E-state index is -3.74. The lowest BCUT2D eigenvalue weighted by atomic mass is 9.73. The van der Waals surface area contributed by atoms with Crippen LogP contribution in [-0.2, 0) is 65.6 Å². The first-order valence-corrected chi connectivity index (χ1v) is 50.0. The lowest BCUT2D eigenvalue weighted by Gasteiger charge is -2.40. The fourth-order valence-electron chi connectivity index (χ4n) is 16.4. The van der Waals surface area contributed by atoms with Gasteiger partial charge >= 0.3 is 0 Å². The van der Waals surface area contributed by atoms with Crippen LogP contribution in [0.2, 0.25) is 0 Å². The number of sulfone groups is 1. The van der Waals surface area contributed by atoms with Gasteiger partial charge in [-0.15, -0.1) is 0 Å². The molecule has 0 spiro atoms. The maximum absolute atomic E-state index is 12.7. The lowest BCUT2D eigenvalue weighted by Crippen LogP contribution is -2.41. The van der Waals surface area contributed by atoms with Crippen LogP contribution in [0.4, 0.5) is 47.1 Å². The molecule has 14 N–H and O–H groups in total. The Kier molecular flexibility index (Phi) is 34.5. The Morgan fingerprint density at radius 3 is 0.969 bits per heavy atom. The van der Waals surface area contributed by atoms with Gasteiger partial charge in [0.05, 0.1) is 68.8 Å². The second-order valence-corrected chi connectivity index (χ2v) is 44.5. The monoisotopic (exact) mass is 1860 g/mol. The van der Waals surface area contributed by atoms with Crippen LogP contribution in [0.3, 0.4) is 0 Å². The highest BCUT2D eigenvalue weighted by Gasteiger charge is 2.40. The standard InChI is InChI=1S/C25H34N6O3S.C23H32N6O3S.C22H29N5O3S.C21H28N6O3S/c1-25(2)15-20(7-10-22(25)32)29-23-19(16-26)17-28-24(30-23)27-12-11-18-5-8-21(9-6-18)35(33,34)31-13-3-4-14-31;1-23(2)13-18(7-10-20(23)30)27-21-17(14-24)15-26-22(28-21)25-12-11-16-5-8-19(9-6-16)33(31,32)29(3)4;1-22(2)12-17(7-8-19(22)28)26-20-16(13-23)14-25-21(27-20)24-10-9-15-5-4-6-18(11-15)31(3,29)30;1-21(2)11-16(6-7-18(21)28)26-19-15(12-22)13-25-20(27-19)24-9-8-14-4-3-5-17(10-14)31(23,29)30/h5-6,8-9,17,20,22,32H,3-4,7,10-15H2,1-2H3,(H2,27,28,29,30);5-6,8-9,15,18,20,30H,7,10-13H2,1-4H3,(H2,25,26,27,28);4-6,11,14,17,19,28H,7-10,12H2,1-3H3,(H2,24,25,26,27);3-5,10,13,16,18,28H,6-9,11H2,1-2H3,(H2,23,29,30)(H2,24,25,26,27)/t20-,22+;18-,20+;17-,19+;16-,18+/m1111/s1. The topological polar surface area (TPSA) is 544 Å². The van der Waals surface area contributed by atoms with Crippen molar-refractivity contribution in [1.82, 2.24) is 48.5 Å². The molecular formula is C91H123N23O12S4. The highest BCUT2D eigenvalue weighted by molar-refractivity contribution is 7.91. The number of aromatic nitrogens is 8. The number of benzene rings is 4. The third-order valence-electron chi connectivity index (χ3n) is 24.5. The van der Waals surface area contributed by atoms with E-state index in [-0.39, 0.29) is 80.0 Å². The van der Waals surface area contributed by atoms with Crippen molar-refractivity contribution in [2.45, 2.75) is 239 Å². The van der Waals surface area contributed by atoms with Crippen molar-refractivity contribution in [3.05, 3.63) is 166 Å². The van der Waals surface area contributed by atoms with Crippen molar-refractivity contribution < 1.29 is 54.1 Å². The lowest BCUT2D eigenvalue weighted by molar-refractivity contribution is 0.00924. The van der Waals surface area contributed by atoms with Gasteiger partial charge in [-0.05, 0) is 208 Å². The minimum Gasteiger partial charge on any atom is -0.393 e. The van der Waals surface area contributed by atoms with E-state index in [0.29, 0.717) is 170 Å². The van der Waals surface area contributed by atoms with E-state index in [1.807, 2.05) is 65.8 Å². The Bertz CT molecular complexity index is 5690.